The zero-order chi connectivity index (χ0) is 17.1. The van der Waals surface area contributed by atoms with E-state index in [0.717, 1.165) is 17.0 Å². The first-order valence-corrected chi connectivity index (χ1v) is 7.43. The van der Waals surface area contributed by atoms with Crippen molar-refractivity contribution < 1.29 is 23.9 Å². The van der Waals surface area contributed by atoms with Crippen LogP contribution in [0.15, 0.2) is 18.2 Å². The Morgan fingerprint density at radius 2 is 2.04 bits per heavy atom. The van der Waals surface area contributed by atoms with Gasteiger partial charge in [-0.2, -0.15) is 0 Å². The molecule has 1 aromatic carbocycles. The highest BCUT2D eigenvalue weighted by molar-refractivity contribution is 6.31. The third-order valence-corrected chi connectivity index (χ3v) is 4.14. The van der Waals surface area contributed by atoms with E-state index < -0.39 is 29.7 Å². The van der Waals surface area contributed by atoms with Crippen molar-refractivity contribution in [1.29, 1.82) is 0 Å². The number of amides is 2. The molecule has 2 atom stereocenters. The fourth-order valence-electron chi connectivity index (χ4n) is 2.69. The van der Waals surface area contributed by atoms with Crippen molar-refractivity contribution in [1.82, 2.24) is 10.2 Å². The number of hydrogen-bond donors (Lipinski definition) is 2. The summed E-state index contributed by atoms with van der Waals surface area (Å²) >= 11 is 5.78. The molecule has 2 N–H and O–H groups in total. The maximum atomic E-state index is 13.9. The number of rotatable bonds is 3. The smallest absolute Gasteiger partial charge is 0.326 e. The van der Waals surface area contributed by atoms with E-state index in [1.807, 2.05) is 0 Å². The molecule has 23 heavy (non-hydrogen) atoms. The van der Waals surface area contributed by atoms with Crippen LogP contribution in [-0.2, 0) is 9.59 Å². The minimum atomic E-state index is -1.18. The normalized spacial score (nSPS) is 20.9. The molecule has 2 amide bonds. The number of nitrogens with zero attached hydrogens (tertiary/aromatic N) is 1. The maximum absolute atomic E-state index is 13.9. The quantitative estimate of drug-likeness (QED) is 0.872. The highest BCUT2D eigenvalue weighted by atomic mass is 35.5. The Hall–Kier alpha value is -2.15. The van der Waals surface area contributed by atoms with Crippen LogP contribution in [0.5, 0.6) is 0 Å². The first-order chi connectivity index (χ1) is 10.8. The highest BCUT2D eigenvalue weighted by Gasteiger charge is 2.39. The van der Waals surface area contributed by atoms with Gasteiger partial charge in [0.05, 0.1) is 11.5 Å². The van der Waals surface area contributed by atoms with Crippen molar-refractivity contribution in [2.24, 2.45) is 5.92 Å². The standard InChI is InChI=1S/C15H16ClFN2O4/c1-18-13(20)8-2-5-12(15(22)23)19(7-8)14(21)10-6-9(16)3-4-11(10)17/h3-4,6,8,12H,2,5,7H2,1H3,(H,18,20)(H,22,23)/t8-,12-/m0/s1. The number of halogens is 2. The van der Waals surface area contributed by atoms with Crippen molar-refractivity contribution in [3.8, 4) is 0 Å². The van der Waals surface area contributed by atoms with E-state index in [1.54, 1.807) is 0 Å². The van der Waals surface area contributed by atoms with E-state index in [1.165, 1.54) is 13.1 Å². The molecule has 124 valence electrons. The Labute approximate surface area is 137 Å². The summed E-state index contributed by atoms with van der Waals surface area (Å²) in [7, 11) is 1.47. The van der Waals surface area contributed by atoms with Crippen molar-refractivity contribution in [3.05, 3.63) is 34.6 Å². The summed E-state index contributed by atoms with van der Waals surface area (Å²) < 4.78 is 13.9. The average Bonchev–Trinajstić information content (AvgIpc) is 2.54. The van der Waals surface area contributed by atoms with Gasteiger partial charge in [-0.3, -0.25) is 9.59 Å². The van der Waals surface area contributed by atoms with Gasteiger partial charge in [-0.25, -0.2) is 9.18 Å². The Morgan fingerprint density at radius 3 is 2.65 bits per heavy atom. The minimum Gasteiger partial charge on any atom is -0.480 e. The van der Waals surface area contributed by atoms with Crippen LogP contribution in [0.3, 0.4) is 0 Å². The van der Waals surface area contributed by atoms with Crippen LogP contribution in [0.25, 0.3) is 0 Å². The number of hydrogen-bond acceptors (Lipinski definition) is 3. The average molecular weight is 343 g/mol. The lowest BCUT2D eigenvalue weighted by Gasteiger charge is -2.36. The third-order valence-electron chi connectivity index (χ3n) is 3.90. The van der Waals surface area contributed by atoms with Gasteiger partial charge in [0.15, 0.2) is 0 Å². The van der Waals surface area contributed by atoms with E-state index in [2.05, 4.69) is 5.32 Å². The number of carboxylic acids is 1. The largest absolute Gasteiger partial charge is 0.480 e. The second-order valence-corrected chi connectivity index (χ2v) is 5.76. The molecular weight excluding hydrogens is 327 g/mol. The van der Waals surface area contributed by atoms with Crippen molar-refractivity contribution in [2.75, 3.05) is 13.6 Å². The van der Waals surface area contributed by atoms with Gasteiger partial charge in [0.2, 0.25) is 5.91 Å². The molecule has 1 aromatic rings. The summed E-state index contributed by atoms with van der Waals surface area (Å²) in [6.45, 7) is -0.0819. The van der Waals surface area contributed by atoms with Crippen LogP contribution in [0.1, 0.15) is 23.2 Å². The van der Waals surface area contributed by atoms with E-state index in [-0.39, 0.29) is 29.5 Å². The van der Waals surface area contributed by atoms with Gasteiger partial charge in [-0.15, -0.1) is 0 Å². The van der Waals surface area contributed by atoms with Crippen LogP contribution in [-0.4, -0.2) is 47.4 Å². The fourth-order valence-corrected chi connectivity index (χ4v) is 2.86. The first kappa shape index (κ1) is 17.2. The Morgan fingerprint density at radius 1 is 1.35 bits per heavy atom. The maximum Gasteiger partial charge on any atom is 0.326 e. The van der Waals surface area contributed by atoms with Crippen LogP contribution in [0.4, 0.5) is 4.39 Å². The predicted molar refractivity (Wildman–Crippen MR) is 80.7 cm³/mol. The molecule has 0 unspecified atom stereocenters. The van der Waals surface area contributed by atoms with Crippen molar-refractivity contribution in [3.63, 3.8) is 0 Å². The molecule has 1 fully saturated rings. The fraction of sp³-hybridized carbons (Fsp3) is 0.400. The SMILES string of the molecule is CNC(=O)[C@H]1CC[C@@H](C(=O)O)N(C(=O)c2cc(Cl)ccc2F)C1. The molecule has 0 spiro atoms. The Bertz CT molecular complexity index is 652. The second-order valence-electron chi connectivity index (χ2n) is 5.32. The summed E-state index contributed by atoms with van der Waals surface area (Å²) in [6, 6.07) is 2.40. The van der Waals surface area contributed by atoms with Gasteiger partial charge in [0, 0.05) is 18.6 Å². The van der Waals surface area contributed by atoms with Gasteiger partial charge < -0.3 is 15.3 Å². The lowest BCUT2D eigenvalue weighted by molar-refractivity contribution is -0.145. The minimum absolute atomic E-state index is 0.0819. The van der Waals surface area contributed by atoms with E-state index in [4.69, 9.17) is 11.6 Å². The number of nitrogens with one attached hydrogen (secondary N) is 1. The number of carbonyl (C=O) groups is 3. The topological polar surface area (TPSA) is 86.7 Å². The lowest BCUT2D eigenvalue weighted by Crippen LogP contribution is -2.53. The molecule has 0 bridgehead atoms. The predicted octanol–water partition coefficient (Wildman–Crippen LogP) is 1.53. The molecule has 1 heterocycles. The van der Waals surface area contributed by atoms with Crippen LogP contribution in [0, 0.1) is 11.7 Å². The number of piperidine rings is 1. The summed E-state index contributed by atoms with van der Waals surface area (Å²) in [5.41, 5.74) is -0.304. The third kappa shape index (κ3) is 3.61. The number of carboxylic acid groups (broad SMARTS) is 1. The molecule has 1 aliphatic heterocycles. The number of carbonyl (C=O) groups excluding carboxylic acids is 2. The number of likely N-dealkylation sites (tertiary alicyclic amines) is 1. The van der Waals surface area contributed by atoms with Crippen LogP contribution in [0.2, 0.25) is 5.02 Å². The first-order valence-electron chi connectivity index (χ1n) is 7.05. The van der Waals surface area contributed by atoms with Crippen molar-refractivity contribution >= 4 is 29.4 Å². The zero-order valence-corrected chi connectivity index (χ0v) is 13.1. The highest BCUT2D eigenvalue weighted by Crippen LogP contribution is 2.26. The lowest BCUT2D eigenvalue weighted by atomic mass is 9.91. The van der Waals surface area contributed by atoms with Crippen molar-refractivity contribution in [2.45, 2.75) is 18.9 Å². The molecule has 8 heteroatoms. The zero-order valence-electron chi connectivity index (χ0n) is 12.4. The monoisotopic (exact) mass is 342 g/mol. The summed E-state index contributed by atoms with van der Waals surface area (Å²) in [6.07, 6.45) is 0.472. The van der Waals surface area contributed by atoms with Gasteiger partial charge in [-0.05, 0) is 31.0 Å². The molecule has 0 aromatic heterocycles. The number of benzene rings is 1. The van der Waals surface area contributed by atoms with Gasteiger partial charge in [0.1, 0.15) is 11.9 Å². The molecule has 0 aliphatic carbocycles. The summed E-state index contributed by atoms with van der Waals surface area (Å²) in [4.78, 5) is 36.8. The molecule has 0 radical (unpaired) electrons. The molecular formula is C15H16ClFN2O4. The number of aliphatic carboxylic acids is 1. The molecule has 1 aliphatic rings. The Balaban J connectivity index is 2.33. The van der Waals surface area contributed by atoms with Gasteiger partial charge in [-0.1, -0.05) is 11.6 Å². The molecule has 1 saturated heterocycles. The van der Waals surface area contributed by atoms with Crippen LogP contribution < -0.4 is 5.32 Å². The molecule has 6 nitrogen and oxygen atoms in total. The second kappa shape index (κ2) is 6.95. The summed E-state index contributed by atoms with van der Waals surface area (Å²) in [5.74, 6) is -3.56. The van der Waals surface area contributed by atoms with E-state index in [0.29, 0.717) is 6.42 Å². The Kier molecular flexibility index (Phi) is 5.20. The molecule has 0 saturated carbocycles. The van der Waals surface area contributed by atoms with Crippen LogP contribution >= 0.6 is 11.6 Å². The van der Waals surface area contributed by atoms with E-state index >= 15 is 0 Å². The molecule has 2 rings (SSSR count). The van der Waals surface area contributed by atoms with Gasteiger partial charge >= 0.3 is 5.97 Å². The summed E-state index contributed by atoms with van der Waals surface area (Å²) in [5, 5.41) is 11.9. The van der Waals surface area contributed by atoms with Gasteiger partial charge in [0.25, 0.3) is 5.91 Å². The van der Waals surface area contributed by atoms with E-state index in [9.17, 15) is 23.9 Å².